The maximum absolute atomic E-state index is 12.6. The van der Waals surface area contributed by atoms with Gasteiger partial charge in [-0.05, 0) is 30.2 Å². The van der Waals surface area contributed by atoms with Crippen LogP contribution in [0.1, 0.15) is 31.2 Å². The number of nitrogens with two attached hydrogens (primary N) is 2. The lowest BCUT2D eigenvalue weighted by Crippen LogP contribution is -2.93. The molecule has 0 aliphatic carbocycles. The van der Waals surface area contributed by atoms with Crippen LogP contribution in [0.15, 0.2) is 82.6 Å². The van der Waals surface area contributed by atoms with Crippen molar-refractivity contribution in [2.75, 3.05) is 5.32 Å². The predicted molar refractivity (Wildman–Crippen MR) is 119 cm³/mol. The van der Waals surface area contributed by atoms with E-state index in [0.717, 1.165) is 12.0 Å². The number of nitriles is 1. The molecule has 3 rings (SSSR count). The summed E-state index contributed by atoms with van der Waals surface area (Å²) in [7, 11) is 0. The molecule has 1 unspecified atom stereocenters. The van der Waals surface area contributed by atoms with Crippen LogP contribution < -0.4 is 16.4 Å². The highest BCUT2D eigenvalue weighted by Gasteiger charge is 2.35. The zero-order chi connectivity index (χ0) is 21.5. The second-order valence-corrected chi connectivity index (χ2v) is 7.20. The summed E-state index contributed by atoms with van der Waals surface area (Å²) in [6.45, 7) is 2.02. The summed E-state index contributed by atoms with van der Waals surface area (Å²) in [5.41, 5.74) is 9.12. The Morgan fingerprint density at radius 2 is 1.97 bits per heavy atom. The zero-order valence-electron chi connectivity index (χ0n) is 16.6. The first-order valence-corrected chi connectivity index (χ1v) is 10.1. The van der Waals surface area contributed by atoms with Crippen molar-refractivity contribution in [1.29, 1.82) is 5.26 Å². The highest BCUT2D eigenvalue weighted by molar-refractivity contribution is 6.31. The number of aliphatic imine (C=N–C) groups is 1. The van der Waals surface area contributed by atoms with Gasteiger partial charge in [-0.25, -0.2) is 10.1 Å². The second kappa shape index (κ2) is 9.88. The summed E-state index contributed by atoms with van der Waals surface area (Å²) < 4.78 is 0. The topological polar surface area (TPSA) is 108 Å². The smallest absolute Gasteiger partial charge is 0.404 e. The van der Waals surface area contributed by atoms with Gasteiger partial charge in [0.1, 0.15) is 0 Å². The minimum absolute atomic E-state index is 0.325. The van der Waals surface area contributed by atoms with Gasteiger partial charge in [-0.2, -0.15) is 10.3 Å². The summed E-state index contributed by atoms with van der Waals surface area (Å²) >= 11 is 6.46. The number of primary amides is 1. The van der Waals surface area contributed by atoms with Gasteiger partial charge < -0.3 is 5.73 Å². The summed E-state index contributed by atoms with van der Waals surface area (Å²) in [4.78, 5) is 17.3. The molecule has 1 aliphatic heterocycles. The number of halogens is 1. The molecule has 30 heavy (non-hydrogen) atoms. The Balaban J connectivity index is 2.01. The zero-order valence-corrected chi connectivity index (χ0v) is 17.4. The maximum Gasteiger partial charge on any atom is 0.424 e. The van der Waals surface area contributed by atoms with Crippen LogP contribution in [0.2, 0.25) is 5.02 Å². The van der Waals surface area contributed by atoms with E-state index in [9.17, 15) is 10.1 Å². The number of para-hydroxylation sites is 1. The summed E-state index contributed by atoms with van der Waals surface area (Å²) in [5.74, 6) is -0.0539. The summed E-state index contributed by atoms with van der Waals surface area (Å²) in [6, 6.07) is 18.5. The van der Waals surface area contributed by atoms with Gasteiger partial charge in [0.2, 0.25) is 5.84 Å². The maximum atomic E-state index is 12.6. The SMILES string of the molecule is CCCC1=C(C#N)C(c2ccccc2Cl)C(=CN)C([NH2+]C(=O)Nc2ccccc2)=N1. The molecule has 0 saturated heterocycles. The van der Waals surface area contributed by atoms with Crippen molar-refractivity contribution < 1.29 is 10.1 Å². The number of allylic oxidation sites excluding steroid dienone is 2. The fraction of sp³-hybridized carbons (Fsp3) is 0.174. The van der Waals surface area contributed by atoms with Crippen LogP contribution in [-0.4, -0.2) is 11.9 Å². The van der Waals surface area contributed by atoms with Crippen molar-refractivity contribution in [3.63, 3.8) is 0 Å². The molecule has 5 N–H and O–H groups in total. The Hall–Kier alpha value is -3.40. The van der Waals surface area contributed by atoms with E-state index in [1.54, 1.807) is 18.2 Å². The number of amides is 2. The van der Waals surface area contributed by atoms with Gasteiger partial charge in [0.25, 0.3) is 0 Å². The summed E-state index contributed by atoms with van der Waals surface area (Å²) in [5, 5.41) is 14.7. The number of hydrogen-bond donors (Lipinski definition) is 3. The highest BCUT2D eigenvalue weighted by Crippen LogP contribution is 2.40. The number of benzene rings is 2. The van der Waals surface area contributed by atoms with Crippen molar-refractivity contribution in [2.24, 2.45) is 10.7 Å². The average molecular weight is 421 g/mol. The fourth-order valence-electron chi connectivity index (χ4n) is 3.45. The minimum Gasteiger partial charge on any atom is -0.404 e. The van der Waals surface area contributed by atoms with Crippen molar-refractivity contribution in [1.82, 2.24) is 0 Å². The van der Waals surface area contributed by atoms with E-state index in [1.165, 1.54) is 11.5 Å². The first-order chi connectivity index (χ1) is 14.6. The van der Waals surface area contributed by atoms with Crippen LogP contribution in [-0.2, 0) is 0 Å². The van der Waals surface area contributed by atoms with Crippen LogP contribution in [0.25, 0.3) is 0 Å². The molecule has 1 atom stereocenters. The van der Waals surface area contributed by atoms with Crippen molar-refractivity contribution in [3.8, 4) is 6.07 Å². The molecule has 2 amide bonds. The number of carbonyl (C=O) groups is 1. The first kappa shape index (κ1) is 21.3. The van der Waals surface area contributed by atoms with E-state index in [0.29, 0.717) is 39.8 Å². The number of urea groups is 1. The van der Waals surface area contributed by atoms with Gasteiger partial charge in [-0.15, -0.1) is 0 Å². The minimum atomic E-state index is -0.483. The number of nitrogens with zero attached hydrogens (tertiary/aromatic N) is 2. The molecule has 6 nitrogen and oxygen atoms in total. The molecule has 1 aliphatic rings. The largest absolute Gasteiger partial charge is 0.424 e. The monoisotopic (exact) mass is 420 g/mol. The molecule has 0 spiro atoms. The number of carbonyl (C=O) groups excluding carboxylic acids is 1. The molecular formula is C23H23ClN5O+. The number of quaternary nitrogens is 1. The number of anilines is 1. The molecule has 1 heterocycles. The van der Waals surface area contributed by atoms with Gasteiger partial charge in [0, 0.05) is 16.9 Å². The van der Waals surface area contributed by atoms with E-state index in [2.05, 4.69) is 16.4 Å². The lowest BCUT2D eigenvalue weighted by atomic mass is 9.81. The van der Waals surface area contributed by atoms with E-state index < -0.39 is 5.92 Å². The Morgan fingerprint density at radius 3 is 2.60 bits per heavy atom. The van der Waals surface area contributed by atoms with Crippen molar-refractivity contribution >= 4 is 29.2 Å². The fourth-order valence-corrected chi connectivity index (χ4v) is 3.69. The molecule has 0 bridgehead atoms. The molecule has 0 radical (unpaired) electrons. The van der Waals surface area contributed by atoms with Crippen molar-refractivity contribution in [3.05, 3.63) is 88.2 Å². The Bertz CT molecular complexity index is 1070. The third-order valence-electron chi connectivity index (χ3n) is 4.77. The Morgan fingerprint density at radius 1 is 1.27 bits per heavy atom. The molecule has 2 aromatic carbocycles. The van der Waals surface area contributed by atoms with Gasteiger partial charge in [0.05, 0.1) is 28.8 Å². The van der Waals surface area contributed by atoms with Gasteiger partial charge in [0.15, 0.2) is 0 Å². The van der Waals surface area contributed by atoms with Crippen molar-refractivity contribution in [2.45, 2.75) is 25.7 Å². The standard InChI is InChI=1S/C23H22ClN5O/c1-2-8-20-17(13-25)21(16-11-6-7-12-19(16)24)18(14-26)22(28-20)29-23(30)27-15-9-4-3-5-10-15/h3-7,9-12,14,21H,2,8,26H2,1H3,(H2,27,28,29,30)/p+1. The van der Waals surface area contributed by atoms with E-state index >= 15 is 0 Å². The van der Waals surface area contributed by atoms with Crippen LogP contribution in [0, 0.1) is 11.3 Å². The van der Waals surface area contributed by atoms with Crippen LogP contribution in [0.3, 0.4) is 0 Å². The molecule has 2 aromatic rings. The lowest BCUT2D eigenvalue weighted by Gasteiger charge is -2.25. The number of rotatable bonds is 4. The number of nitrogens with one attached hydrogen (secondary N) is 1. The number of hydrogen-bond acceptors (Lipinski definition) is 4. The van der Waals surface area contributed by atoms with E-state index in [4.69, 9.17) is 17.3 Å². The van der Waals surface area contributed by atoms with E-state index in [-0.39, 0.29) is 6.03 Å². The van der Waals surface area contributed by atoms with Gasteiger partial charge in [-0.3, -0.25) is 5.32 Å². The third kappa shape index (κ3) is 4.60. The molecule has 0 saturated carbocycles. The third-order valence-corrected chi connectivity index (χ3v) is 5.12. The molecule has 152 valence electrons. The van der Waals surface area contributed by atoms with Crippen LogP contribution in [0.5, 0.6) is 0 Å². The molecule has 7 heteroatoms. The highest BCUT2D eigenvalue weighted by atomic mass is 35.5. The lowest BCUT2D eigenvalue weighted by molar-refractivity contribution is -0.424. The van der Waals surface area contributed by atoms with Gasteiger partial charge >= 0.3 is 6.03 Å². The van der Waals surface area contributed by atoms with Crippen LogP contribution in [0.4, 0.5) is 10.5 Å². The molecular weight excluding hydrogens is 398 g/mol. The second-order valence-electron chi connectivity index (χ2n) is 6.80. The quantitative estimate of drug-likeness (QED) is 0.694. The normalized spacial score (nSPS) is 17.4. The summed E-state index contributed by atoms with van der Waals surface area (Å²) in [6.07, 6.45) is 2.82. The Labute approximate surface area is 180 Å². The van der Waals surface area contributed by atoms with Crippen LogP contribution >= 0.6 is 11.6 Å². The molecule has 0 fully saturated rings. The molecule has 0 aromatic heterocycles. The average Bonchev–Trinajstić information content (AvgIpc) is 2.74. The Kier molecular flexibility index (Phi) is 7.02. The predicted octanol–water partition coefficient (Wildman–Crippen LogP) is 4.05. The number of amidine groups is 1. The van der Waals surface area contributed by atoms with Gasteiger partial charge in [-0.1, -0.05) is 61.3 Å². The van der Waals surface area contributed by atoms with E-state index in [1.807, 2.05) is 43.3 Å². The first-order valence-electron chi connectivity index (χ1n) is 9.68.